The second-order valence-corrected chi connectivity index (χ2v) is 2.33. The second kappa shape index (κ2) is 6.56. The Morgan fingerprint density at radius 1 is 1.29 bits per heavy atom. The summed E-state index contributed by atoms with van der Waals surface area (Å²) < 4.78 is 31.9. The van der Waals surface area contributed by atoms with Crippen molar-refractivity contribution in [3.8, 4) is 0 Å². The van der Waals surface area contributed by atoms with Crippen molar-refractivity contribution in [3.63, 3.8) is 0 Å². The third kappa shape index (κ3) is 58.7. The van der Waals surface area contributed by atoms with Crippen molar-refractivity contribution >= 4 is 36.4 Å². The molecular weight excluding hydrogens is 206 g/mol. The van der Waals surface area contributed by atoms with Gasteiger partial charge in [-0.25, -0.2) is 0 Å². The maximum atomic E-state index is 8.82. The maximum absolute atomic E-state index is 8.82. The van der Waals surface area contributed by atoms with E-state index < -0.39 is 13.4 Å². The van der Waals surface area contributed by atoms with E-state index in [1.165, 1.54) is 0 Å². The van der Waals surface area contributed by atoms with Gasteiger partial charge in [0, 0.05) is 0 Å². The molecule has 0 radical (unpaired) electrons. The van der Waals surface area contributed by atoms with E-state index in [9.17, 15) is 0 Å². The van der Waals surface area contributed by atoms with Gasteiger partial charge in [0.2, 0.25) is 0 Å². The zero-order valence-electron chi connectivity index (χ0n) is 6.83. The van der Waals surface area contributed by atoms with Crippen LogP contribution in [0.3, 0.4) is 0 Å². The summed E-state index contributed by atoms with van der Waals surface area (Å²) in [6.45, 7) is 0. The molecule has 0 rings (SSSR count). The Hall–Kier alpha value is 2.44. The average Bonchev–Trinajstić information content (AvgIpc) is 0.722. The van der Waals surface area contributed by atoms with Crippen molar-refractivity contribution < 1.29 is 71.7 Å². The summed E-state index contributed by atoms with van der Waals surface area (Å²) in [6.07, 6.45) is 0. The smallest absolute Gasteiger partial charge is 1.00 e. The van der Waals surface area contributed by atoms with Crippen LogP contribution in [0.2, 0.25) is 0 Å². The molecule has 0 aromatic heterocycles. The van der Waals surface area contributed by atoms with Crippen LogP contribution >= 0.6 is 0 Å². The normalized spacial score (nSPS) is 8.29. The van der Waals surface area contributed by atoms with E-state index >= 15 is 0 Å². The van der Waals surface area contributed by atoms with Crippen molar-refractivity contribution in [1.82, 2.24) is 0 Å². The standard InChI is InChI=1S/K.Mg.H2O4Se.3H/c;;1-5(2,3)4;;;/h;;(H2,1,2,3,4);;;/q+1;+2;;3*-1. The molecule has 0 spiro atoms. The Balaban J connectivity index is -0.00000000800. The molecule has 7 heteroatoms. The first kappa shape index (κ1) is 16.2. The van der Waals surface area contributed by atoms with E-state index in [-0.39, 0.29) is 78.7 Å². The van der Waals surface area contributed by atoms with Gasteiger partial charge in [0.25, 0.3) is 0 Å². The second-order valence-electron chi connectivity index (χ2n) is 0.448. The topological polar surface area (TPSA) is 74.6 Å². The van der Waals surface area contributed by atoms with E-state index in [0.717, 1.165) is 0 Å². The molecule has 0 bridgehead atoms. The van der Waals surface area contributed by atoms with Gasteiger partial charge in [-0.05, 0) is 0 Å². The van der Waals surface area contributed by atoms with E-state index in [0.29, 0.717) is 0 Å². The third-order valence-electron chi connectivity index (χ3n) is 0. The van der Waals surface area contributed by atoms with Crippen molar-refractivity contribution in [1.29, 1.82) is 0 Å². The summed E-state index contributed by atoms with van der Waals surface area (Å²) in [5.41, 5.74) is 0. The summed E-state index contributed by atoms with van der Waals surface area (Å²) in [4.78, 5) is 0. The fourth-order valence-electron chi connectivity index (χ4n) is 0. The summed E-state index contributed by atoms with van der Waals surface area (Å²) in [5, 5.41) is 0. The SMILES string of the molecule is O=[Se](=O)(O)O.[H-].[H-].[H-].[K+].[Mg+2]. The van der Waals surface area contributed by atoms with E-state index in [2.05, 4.69) is 0 Å². The number of rotatable bonds is 0. The van der Waals surface area contributed by atoms with Gasteiger partial charge in [-0.1, -0.05) is 0 Å². The molecule has 0 saturated heterocycles. The summed E-state index contributed by atoms with van der Waals surface area (Å²) in [6, 6.07) is 0. The first-order valence-corrected chi connectivity index (χ1v) is 3.63. The van der Waals surface area contributed by atoms with Gasteiger partial charge in [-0.2, -0.15) is 0 Å². The molecule has 0 aliphatic rings. The fraction of sp³-hybridized carbons (Fsp3) is 0. The van der Waals surface area contributed by atoms with E-state index in [1.807, 2.05) is 0 Å². The van der Waals surface area contributed by atoms with Crippen LogP contribution in [0.25, 0.3) is 0 Å². The van der Waals surface area contributed by atoms with Crippen molar-refractivity contribution in [2.45, 2.75) is 0 Å². The molecule has 4 nitrogen and oxygen atoms in total. The molecule has 0 aliphatic heterocycles. The van der Waals surface area contributed by atoms with Gasteiger partial charge in [0.1, 0.15) is 0 Å². The summed E-state index contributed by atoms with van der Waals surface area (Å²) >= 11 is -5.25. The van der Waals surface area contributed by atoms with Crippen LogP contribution in [0.5, 0.6) is 0 Å². The van der Waals surface area contributed by atoms with Gasteiger partial charge < -0.3 is 4.28 Å². The molecule has 0 heterocycles. The van der Waals surface area contributed by atoms with Crippen molar-refractivity contribution in [2.75, 3.05) is 0 Å². The fourth-order valence-corrected chi connectivity index (χ4v) is 0. The molecule has 0 aromatic carbocycles. The Morgan fingerprint density at radius 3 is 1.29 bits per heavy atom. The Bertz CT molecular complexity index is 104. The van der Waals surface area contributed by atoms with Crippen LogP contribution in [0.1, 0.15) is 4.28 Å². The zero-order chi connectivity index (χ0) is 4.50. The van der Waals surface area contributed by atoms with Crippen molar-refractivity contribution in [2.24, 2.45) is 0 Å². The first-order chi connectivity index (χ1) is 2.00. The predicted molar refractivity (Wildman–Crippen MR) is 20.7 cm³/mol. The van der Waals surface area contributed by atoms with Gasteiger partial charge >= 0.3 is 104 Å². The van der Waals surface area contributed by atoms with E-state index in [4.69, 9.17) is 16.0 Å². The van der Waals surface area contributed by atoms with Crippen LogP contribution < -0.4 is 51.4 Å². The molecule has 2 N–H and O–H groups in total. The first-order valence-electron chi connectivity index (χ1n) is 0.698. The molecule has 0 fully saturated rings. The van der Waals surface area contributed by atoms with Crippen LogP contribution in [-0.4, -0.2) is 44.8 Å². The molecular formula is H5KMgO4Se. The predicted octanol–water partition coefficient (Wildman–Crippen LogP) is -4.77. The number of hydrogen-bond acceptors (Lipinski definition) is 2. The van der Waals surface area contributed by atoms with Crippen LogP contribution in [0.4, 0.5) is 0 Å². The Morgan fingerprint density at radius 2 is 1.29 bits per heavy atom. The van der Waals surface area contributed by atoms with Crippen LogP contribution in [0.15, 0.2) is 0 Å². The molecule has 0 aliphatic carbocycles. The monoisotopic (exact) mass is 212 g/mol. The summed E-state index contributed by atoms with van der Waals surface area (Å²) in [5.74, 6) is 0. The zero-order valence-corrected chi connectivity index (χ0v) is 10.1. The van der Waals surface area contributed by atoms with Gasteiger partial charge in [0.05, 0.1) is 0 Å². The minimum atomic E-state index is -5.25. The average molecular weight is 211 g/mol. The van der Waals surface area contributed by atoms with Gasteiger partial charge in [-0.15, -0.1) is 0 Å². The molecule has 0 unspecified atom stereocenters. The summed E-state index contributed by atoms with van der Waals surface area (Å²) in [7, 11) is 0. The molecule has 7 heavy (non-hydrogen) atoms. The van der Waals surface area contributed by atoms with Crippen molar-refractivity contribution in [3.05, 3.63) is 0 Å². The van der Waals surface area contributed by atoms with E-state index in [1.54, 1.807) is 0 Å². The largest absolute Gasteiger partial charge is 2.00 e. The maximum Gasteiger partial charge on any atom is 2.00 e. The molecule has 0 atom stereocenters. The Labute approximate surface area is 106 Å². The van der Waals surface area contributed by atoms with Crippen LogP contribution in [-0.2, 0) is 7.67 Å². The number of hydrogen-bond donors (Lipinski definition) is 2. The molecule has 38 valence electrons. The third-order valence-corrected chi connectivity index (χ3v) is 0. The van der Waals surface area contributed by atoms with Crippen LogP contribution in [0, 0.1) is 0 Å². The molecule has 0 aromatic rings. The molecule has 0 amide bonds. The van der Waals surface area contributed by atoms with Gasteiger partial charge in [-0.3, -0.25) is 0 Å². The molecule has 0 saturated carbocycles. The quantitative estimate of drug-likeness (QED) is 0.395. The minimum absolute atomic E-state index is 0. The Kier molecular flexibility index (Phi) is 15.2. The van der Waals surface area contributed by atoms with Gasteiger partial charge in [0.15, 0.2) is 0 Å². The minimum Gasteiger partial charge on any atom is -1.00 e.